The molecule has 3 nitrogen and oxygen atoms in total. The van der Waals surface area contributed by atoms with Crippen LogP contribution in [0.1, 0.15) is 16.1 Å². The predicted octanol–water partition coefficient (Wildman–Crippen LogP) is 3.83. The highest BCUT2D eigenvalue weighted by molar-refractivity contribution is 9.10. The largest absolute Gasteiger partial charge is 0.336 e. The first-order valence-corrected chi connectivity index (χ1v) is 7.27. The fourth-order valence-corrected chi connectivity index (χ4v) is 2.46. The van der Waals surface area contributed by atoms with Gasteiger partial charge in [0.25, 0.3) is 5.91 Å². The minimum Gasteiger partial charge on any atom is -0.336 e. The highest BCUT2D eigenvalue weighted by atomic mass is 79.9. The Morgan fingerprint density at radius 2 is 2.33 bits per heavy atom. The molecule has 0 atom stereocenters. The molecule has 0 aliphatic carbocycles. The van der Waals surface area contributed by atoms with Gasteiger partial charge < -0.3 is 4.90 Å². The number of hydrogen-bond acceptors (Lipinski definition) is 3. The van der Waals surface area contributed by atoms with Crippen molar-refractivity contribution < 1.29 is 4.79 Å². The van der Waals surface area contributed by atoms with Gasteiger partial charge in [0.05, 0.1) is 22.8 Å². The molecule has 1 aromatic heterocycles. The maximum absolute atomic E-state index is 12.2. The van der Waals surface area contributed by atoms with Crippen LogP contribution in [-0.2, 0) is 6.54 Å². The summed E-state index contributed by atoms with van der Waals surface area (Å²) in [5, 5.41) is 2.46. The molecule has 0 N–H and O–H groups in total. The molecule has 1 aromatic carbocycles. The van der Waals surface area contributed by atoms with E-state index >= 15 is 0 Å². The number of thiazole rings is 1. The van der Waals surface area contributed by atoms with Crippen molar-refractivity contribution in [2.45, 2.75) is 6.54 Å². The first-order chi connectivity index (χ1) is 8.58. The van der Waals surface area contributed by atoms with Crippen molar-refractivity contribution in [3.8, 4) is 0 Å². The van der Waals surface area contributed by atoms with Crippen molar-refractivity contribution in [2.24, 2.45) is 0 Å². The molecule has 94 valence electrons. The van der Waals surface area contributed by atoms with Crippen LogP contribution in [0.3, 0.4) is 0 Å². The molecular weight excluding hydrogens is 336 g/mol. The zero-order chi connectivity index (χ0) is 13.1. The van der Waals surface area contributed by atoms with Crippen LogP contribution in [0.5, 0.6) is 0 Å². The fraction of sp³-hybridized carbons (Fsp3) is 0.167. The van der Waals surface area contributed by atoms with Crippen molar-refractivity contribution in [1.29, 1.82) is 0 Å². The molecule has 0 bridgehead atoms. The predicted molar refractivity (Wildman–Crippen MR) is 77.1 cm³/mol. The zero-order valence-electron chi connectivity index (χ0n) is 9.56. The van der Waals surface area contributed by atoms with E-state index in [9.17, 15) is 4.79 Å². The molecule has 1 amide bonds. The van der Waals surface area contributed by atoms with E-state index in [0.29, 0.717) is 17.1 Å². The summed E-state index contributed by atoms with van der Waals surface area (Å²) in [5.74, 6) is -0.0719. The maximum atomic E-state index is 12.2. The summed E-state index contributed by atoms with van der Waals surface area (Å²) in [7, 11) is 1.75. The Morgan fingerprint density at radius 3 is 2.94 bits per heavy atom. The third-order valence-corrected chi connectivity index (χ3v) is 4.26. The minimum atomic E-state index is -0.0719. The molecule has 18 heavy (non-hydrogen) atoms. The molecule has 1 heterocycles. The third-order valence-electron chi connectivity index (χ3n) is 2.40. The first-order valence-electron chi connectivity index (χ1n) is 5.15. The summed E-state index contributed by atoms with van der Waals surface area (Å²) in [6.07, 6.45) is 0. The number of aromatic nitrogens is 1. The van der Waals surface area contributed by atoms with E-state index in [2.05, 4.69) is 20.9 Å². The van der Waals surface area contributed by atoms with Crippen LogP contribution in [0, 0.1) is 0 Å². The van der Waals surface area contributed by atoms with Gasteiger partial charge in [0.2, 0.25) is 0 Å². The summed E-state index contributed by atoms with van der Waals surface area (Å²) in [5.41, 5.74) is 3.21. The summed E-state index contributed by atoms with van der Waals surface area (Å²) in [4.78, 5) is 17.9. The van der Waals surface area contributed by atoms with Crippen LogP contribution in [0.15, 0.2) is 33.6 Å². The number of halogens is 2. The maximum Gasteiger partial charge on any atom is 0.254 e. The lowest BCUT2D eigenvalue weighted by molar-refractivity contribution is 0.0783. The van der Waals surface area contributed by atoms with Gasteiger partial charge in [0.15, 0.2) is 0 Å². The summed E-state index contributed by atoms with van der Waals surface area (Å²) < 4.78 is 0.780. The summed E-state index contributed by atoms with van der Waals surface area (Å²) in [6, 6.07) is 5.17. The highest BCUT2D eigenvalue weighted by Gasteiger charge is 2.13. The van der Waals surface area contributed by atoms with E-state index in [1.54, 1.807) is 35.7 Å². The first kappa shape index (κ1) is 13.5. The molecule has 6 heteroatoms. The monoisotopic (exact) mass is 344 g/mol. The lowest BCUT2D eigenvalue weighted by atomic mass is 10.2. The Morgan fingerprint density at radius 1 is 1.56 bits per heavy atom. The fourth-order valence-electron chi connectivity index (χ4n) is 1.48. The number of carbonyl (C=O) groups excluding carboxylic acids is 1. The number of hydrogen-bond donors (Lipinski definition) is 0. The van der Waals surface area contributed by atoms with Gasteiger partial charge in [-0.05, 0) is 34.1 Å². The molecular formula is C12H10BrClN2OS. The van der Waals surface area contributed by atoms with Crippen LogP contribution in [0.4, 0.5) is 0 Å². The molecule has 0 radical (unpaired) electrons. The van der Waals surface area contributed by atoms with Gasteiger partial charge in [-0.25, -0.2) is 4.98 Å². The number of carbonyl (C=O) groups is 1. The van der Waals surface area contributed by atoms with Crippen molar-refractivity contribution in [3.05, 3.63) is 49.8 Å². The van der Waals surface area contributed by atoms with Gasteiger partial charge in [0, 0.05) is 22.5 Å². The lowest BCUT2D eigenvalue weighted by Gasteiger charge is -2.16. The Hall–Kier alpha value is -0.910. The van der Waals surface area contributed by atoms with E-state index in [0.717, 1.165) is 10.2 Å². The molecule has 0 aliphatic rings. The standard InChI is InChI=1S/C12H10BrClN2OS/c1-16(5-9-6-18-7-15-9)12(17)8-2-3-10(13)11(14)4-8/h2-4,6-7H,5H2,1H3. The van der Waals surface area contributed by atoms with E-state index < -0.39 is 0 Å². The van der Waals surface area contributed by atoms with Crippen molar-refractivity contribution >= 4 is 44.8 Å². The Bertz CT molecular complexity index is 559. The number of rotatable bonds is 3. The van der Waals surface area contributed by atoms with Crippen LogP contribution in [-0.4, -0.2) is 22.8 Å². The highest BCUT2D eigenvalue weighted by Crippen LogP contribution is 2.23. The normalized spacial score (nSPS) is 10.4. The van der Waals surface area contributed by atoms with Crippen LogP contribution < -0.4 is 0 Å². The van der Waals surface area contributed by atoms with Gasteiger partial charge >= 0.3 is 0 Å². The number of benzene rings is 1. The zero-order valence-corrected chi connectivity index (χ0v) is 12.7. The molecule has 0 saturated heterocycles. The SMILES string of the molecule is CN(Cc1cscn1)C(=O)c1ccc(Br)c(Cl)c1. The molecule has 2 aromatic rings. The summed E-state index contributed by atoms with van der Waals surface area (Å²) in [6.45, 7) is 0.496. The smallest absolute Gasteiger partial charge is 0.254 e. The van der Waals surface area contributed by atoms with Crippen molar-refractivity contribution in [1.82, 2.24) is 9.88 Å². The second-order valence-corrected chi connectivity index (χ2v) is 5.75. The Balaban J connectivity index is 2.12. The second kappa shape index (κ2) is 5.82. The Kier molecular flexibility index (Phi) is 4.37. The molecule has 0 spiro atoms. The quantitative estimate of drug-likeness (QED) is 0.847. The number of nitrogens with zero attached hydrogens (tertiary/aromatic N) is 2. The van der Waals surface area contributed by atoms with Gasteiger partial charge in [-0.3, -0.25) is 4.79 Å². The van der Waals surface area contributed by atoms with Crippen LogP contribution >= 0.6 is 38.9 Å². The average molecular weight is 346 g/mol. The molecule has 0 unspecified atom stereocenters. The average Bonchev–Trinajstić information content (AvgIpc) is 2.84. The van der Waals surface area contributed by atoms with E-state index in [1.165, 1.54) is 11.3 Å². The lowest BCUT2D eigenvalue weighted by Crippen LogP contribution is -2.26. The van der Waals surface area contributed by atoms with Gasteiger partial charge in [-0.1, -0.05) is 11.6 Å². The number of amides is 1. The van der Waals surface area contributed by atoms with E-state index in [4.69, 9.17) is 11.6 Å². The van der Waals surface area contributed by atoms with Gasteiger partial charge in [-0.2, -0.15) is 0 Å². The molecule has 0 fully saturated rings. The van der Waals surface area contributed by atoms with Crippen LogP contribution in [0.25, 0.3) is 0 Å². The third kappa shape index (κ3) is 3.10. The van der Waals surface area contributed by atoms with Gasteiger partial charge in [-0.15, -0.1) is 11.3 Å². The van der Waals surface area contributed by atoms with Crippen molar-refractivity contribution in [3.63, 3.8) is 0 Å². The van der Waals surface area contributed by atoms with Crippen molar-refractivity contribution in [2.75, 3.05) is 7.05 Å². The second-order valence-electron chi connectivity index (χ2n) is 3.77. The minimum absolute atomic E-state index is 0.0719. The van der Waals surface area contributed by atoms with Gasteiger partial charge in [0.1, 0.15) is 0 Å². The summed E-state index contributed by atoms with van der Waals surface area (Å²) >= 11 is 10.8. The topological polar surface area (TPSA) is 33.2 Å². The molecule has 0 aliphatic heterocycles. The Labute approximate surface area is 123 Å². The molecule has 2 rings (SSSR count). The van der Waals surface area contributed by atoms with Crippen LogP contribution in [0.2, 0.25) is 5.02 Å². The van der Waals surface area contributed by atoms with E-state index in [1.807, 2.05) is 5.38 Å². The molecule has 0 saturated carbocycles. The van der Waals surface area contributed by atoms with E-state index in [-0.39, 0.29) is 5.91 Å².